The number of carbonyl (C=O) groups is 1. The summed E-state index contributed by atoms with van der Waals surface area (Å²) in [5.74, 6) is 0.341. The van der Waals surface area contributed by atoms with Crippen molar-refractivity contribution < 1.29 is 19.7 Å². The van der Waals surface area contributed by atoms with Crippen molar-refractivity contribution in [2.24, 2.45) is 5.92 Å². The Morgan fingerprint density at radius 2 is 2.33 bits per heavy atom. The molecular weight excluding hydrogens is 310 g/mol. The zero-order chi connectivity index (χ0) is 17.1. The average molecular weight is 331 g/mol. The standard InChI is InChI=1S/C17H21N3O4/c1-24-13-4-2-3-11(7-13)16-14(8-18-19-16)17(23)20-6-5-12(10-21)15(22)9-20/h2-4,7-8,12,15,21-22H,5-6,9-10H2,1H3,(H,18,19)/t12-,15+/m0/s1. The predicted molar refractivity (Wildman–Crippen MR) is 87.7 cm³/mol. The molecule has 3 N–H and O–H groups in total. The van der Waals surface area contributed by atoms with Gasteiger partial charge >= 0.3 is 0 Å². The number of likely N-dealkylation sites (tertiary alicyclic amines) is 1. The summed E-state index contributed by atoms with van der Waals surface area (Å²) >= 11 is 0. The lowest BCUT2D eigenvalue weighted by atomic mass is 9.94. The Balaban J connectivity index is 1.83. The van der Waals surface area contributed by atoms with Crippen molar-refractivity contribution >= 4 is 5.91 Å². The molecule has 3 rings (SSSR count). The number of rotatable bonds is 4. The Morgan fingerprint density at radius 1 is 1.50 bits per heavy atom. The zero-order valence-corrected chi connectivity index (χ0v) is 13.5. The quantitative estimate of drug-likeness (QED) is 0.773. The summed E-state index contributed by atoms with van der Waals surface area (Å²) in [4.78, 5) is 14.4. The number of β-amino-alcohol motifs (C(OH)–C–C–N with tert-alkyl or cyclic N) is 1. The van der Waals surface area contributed by atoms with Crippen molar-refractivity contribution in [3.8, 4) is 17.0 Å². The number of aromatic amines is 1. The Labute approximate surface area is 139 Å². The number of piperidine rings is 1. The molecule has 2 aromatic rings. The van der Waals surface area contributed by atoms with Gasteiger partial charge in [0.1, 0.15) is 5.75 Å². The molecule has 7 nitrogen and oxygen atoms in total. The van der Waals surface area contributed by atoms with E-state index in [-0.39, 0.29) is 25.0 Å². The Hall–Kier alpha value is -2.38. The lowest BCUT2D eigenvalue weighted by Gasteiger charge is -2.35. The molecule has 1 aromatic heterocycles. The van der Waals surface area contributed by atoms with E-state index in [4.69, 9.17) is 4.74 Å². The van der Waals surface area contributed by atoms with Crippen molar-refractivity contribution in [2.45, 2.75) is 12.5 Å². The second-order valence-corrected chi connectivity index (χ2v) is 5.94. The van der Waals surface area contributed by atoms with E-state index >= 15 is 0 Å². The zero-order valence-electron chi connectivity index (χ0n) is 13.5. The van der Waals surface area contributed by atoms with E-state index in [0.717, 1.165) is 5.56 Å². The fraction of sp³-hybridized carbons (Fsp3) is 0.412. The molecule has 7 heteroatoms. The Kier molecular flexibility index (Phi) is 4.82. The third-order valence-corrected chi connectivity index (χ3v) is 4.47. The van der Waals surface area contributed by atoms with Crippen LogP contribution in [0.25, 0.3) is 11.3 Å². The first-order valence-corrected chi connectivity index (χ1v) is 7.90. The minimum absolute atomic E-state index is 0.0655. The van der Waals surface area contributed by atoms with Crippen LogP contribution >= 0.6 is 0 Å². The second-order valence-electron chi connectivity index (χ2n) is 5.94. The van der Waals surface area contributed by atoms with Crippen LogP contribution in [0.15, 0.2) is 30.5 Å². The number of aliphatic hydroxyl groups is 2. The Morgan fingerprint density at radius 3 is 3.04 bits per heavy atom. The number of benzene rings is 1. The van der Waals surface area contributed by atoms with E-state index in [1.807, 2.05) is 24.3 Å². The van der Waals surface area contributed by atoms with Gasteiger partial charge in [0, 0.05) is 31.2 Å². The predicted octanol–water partition coefficient (Wildman–Crippen LogP) is 0.901. The monoisotopic (exact) mass is 331 g/mol. The lowest BCUT2D eigenvalue weighted by Crippen LogP contribution is -2.47. The van der Waals surface area contributed by atoms with Crippen LogP contribution in [0.4, 0.5) is 0 Å². The normalized spacial score (nSPS) is 20.9. The number of aliphatic hydroxyl groups excluding tert-OH is 2. The first-order valence-electron chi connectivity index (χ1n) is 7.90. The first-order chi connectivity index (χ1) is 11.6. The molecule has 0 saturated carbocycles. The van der Waals surface area contributed by atoms with E-state index in [1.165, 1.54) is 6.20 Å². The smallest absolute Gasteiger partial charge is 0.257 e. The number of ether oxygens (including phenoxy) is 1. The van der Waals surface area contributed by atoms with Crippen LogP contribution in [-0.2, 0) is 0 Å². The molecule has 1 fully saturated rings. The van der Waals surface area contributed by atoms with Crippen LogP contribution < -0.4 is 4.74 Å². The molecular formula is C17H21N3O4. The van der Waals surface area contributed by atoms with Crippen LogP contribution in [-0.4, -0.2) is 64.1 Å². The summed E-state index contributed by atoms with van der Waals surface area (Å²) in [7, 11) is 1.59. The molecule has 1 amide bonds. The SMILES string of the molecule is COc1cccc(-c2[nH]ncc2C(=O)N2CC[C@@H](CO)[C@H](O)C2)c1. The number of methoxy groups -OCH3 is 1. The molecule has 2 heterocycles. The van der Waals surface area contributed by atoms with Gasteiger partial charge in [0.2, 0.25) is 0 Å². The minimum atomic E-state index is -0.708. The largest absolute Gasteiger partial charge is 0.497 e. The minimum Gasteiger partial charge on any atom is -0.497 e. The number of amides is 1. The number of nitrogens with one attached hydrogen (secondary N) is 1. The van der Waals surface area contributed by atoms with Crippen LogP contribution in [0.1, 0.15) is 16.8 Å². The van der Waals surface area contributed by atoms with Gasteiger partial charge in [0.25, 0.3) is 5.91 Å². The van der Waals surface area contributed by atoms with Gasteiger partial charge in [0.15, 0.2) is 0 Å². The van der Waals surface area contributed by atoms with Gasteiger partial charge in [-0.3, -0.25) is 9.89 Å². The van der Waals surface area contributed by atoms with Crippen molar-refractivity contribution in [3.05, 3.63) is 36.0 Å². The van der Waals surface area contributed by atoms with Gasteiger partial charge in [-0.15, -0.1) is 0 Å². The molecule has 24 heavy (non-hydrogen) atoms. The second kappa shape index (κ2) is 7.02. The molecule has 1 aliphatic rings. The molecule has 0 unspecified atom stereocenters. The van der Waals surface area contributed by atoms with Crippen LogP contribution in [0.3, 0.4) is 0 Å². The van der Waals surface area contributed by atoms with Crippen LogP contribution in [0.2, 0.25) is 0 Å². The molecule has 1 aromatic carbocycles. The topological polar surface area (TPSA) is 98.7 Å². The third kappa shape index (κ3) is 3.13. The van der Waals surface area contributed by atoms with Gasteiger partial charge in [-0.05, 0) is 18.6 Å². The summed E-state index contributed by atoms with van der Waals surface area (Å²) in [6.45, 7) is 0.653. The maximum atomic E-state index is 12.8. The summed E-state index contributed by atoms with van der Waals surface area (Å²) in [6, 6.07) is 7.38. The number of carbonyl (C=O) groups excluding carboxylic acids is 1. The van der Waals surface area contributed by atoms with Crippen LogP contribution in [0.5, 0.6) is 5.75 Å². The number of H-pyrrole nitrogens is 1. The number of hydrogen-bond donors (Lipinski definition) is 3. The summed E-state index contributed by atoms with van der Waals surface area (Å²) in [6.07, 6.45) is 1.37. The number of aromatic nitrogens is 2. The fourth-order valence-corrected chi connectivity index (χ4v) is 2.99. The first kappa shape index (κ1) is 16.5. The van der Waals surface area contributed by atoms with Gasteiger partial charge in [-0.25, -0.2) is 0 Å². The molecule has 0 radical (unpaired) electrons. The Bertz CT molecular complexity index is 715. The fourth-order valence-electron chi connectivity index (χ4n) is 2.99. The van der Waals surface area contributed by atoms with Gasteiger partial charge in [-0.2, -0.15) is 5.10 Å². The summed E-state index contributed by atoms with van der Waals surface area (Å²) in [5.41, 5.74) is 1.89. The van der Waals surface area contributed by atoms with Gasteiger partial charge in [-0.1, -0.05) is 12.1 Å². The lowest BCUT2D eigenvalue weighted by molar-refractivity contribution is 0.000906. The molecule has 0 aliphatic carbocycles. The molecule has 128 valence electrons. The van der Waals surface area contributed by atoms with E-state index in [0.29, 0.717) is 30.0 Å². The molecule has 2 atom stereocenters. The molecule has 0 spiro atoms. The molecule has 0 bridgehead atoms. The summed E-state index contributed by atoms with van der Waals surface area (Å²) < 4.78 is 5.22. The maximum Gasteiger partial charge on any atom is 0.257 e. The highest BCUT2D eigenvalue weighted by Gasteiger charge is 2.31. The van der Waals surface area contributed by atoms with Gasteiger partial charge in [0.05, 0.1) is 30.7 Å². The number of hydrogen-bond acceptors (Lipinski definition) is 5. The van der Waals surface area contributed by atoms with Crippen molar-refractivity contribution in [1.82, 2.24) is 15.1 Å². The molecule has 1 saturated heterocycles. The van der Waals surface area contributed by atoms with Crippen LogP contribution in [0, 0.1) is 5.92 Å². The van der Waals surface area contributed by atoms with E-state index < -0.39 is 6.10 Å². The van der Waals surface area contributed by atoms with Gasteiger partial charge < -0.3 is 19.8 Å². The highest BCUT2D eigenvalue weighted by Crippen LogP contribution is 2.27. The van der Waals surface area contributed by atoms with E-state index in [1.54, 1.807) is 12.0 Å². The summed E-state index contributed by atoms with van der Waals surface area (Å²) in [5, 5.41) is 26.1. The molecule has 1 aliphatic heterocycles. The van der Waals surface area contributed by atoms with Crippen molar-refractivity contribution in [1.29, 1.82) is 0 Å². The number of nitrogens with zero attached hydrogens (tertiary/aromatic N) is 2. The van der Waals surface area contributed by atoms with E-state index in [9.17, 15) is 15.0 Å². The average Bonchev–Trinajstić information content (AvgIpc) is 3.10. The third-order valence-electron chi connectivity index (χ3n) is 4.47. The van der Waals surface area contributed by atoms with Crippen molar-refractivity contribution in [2.75, 3.05) is 26.8 Å². The van der Waals surface area contributed by atoms with Crippen molar-refractivity contribution in [3.63, 3.8) is 0 Å². The maximum absolute atomic E-state index is 12.8. The highest BCUT2D eigenvalue weighted by atomic mass is 16.5. The van der Waals surface area contributed by atoms with E-state index in [2.05, 4.69) is 10.2 Å². The highest BCUT2D eigenvalue weighted by molar-refractivity contribution is 5.99.